The summed E-state index contributed by atoms with van der Waals surface area (Å²) in [5.74, 6) is 0.379. The van der Waals surface area contributed by atoms with Gasteiger partial charge in [0.05, 0.1) is 0 Å². The molecule has 0 heterocycles. The molecule has 1 atom stereocenters. The van der Waals surface area contributed by atoms with Gasteiger partial charge in [0, 0.05) is 19.5 Å². The molecule has 2 aromatic carbocycles. The van der Waals surface area contributed by atoms with Crippen molar-refractivity contribution < 1.29 is 9.59 Å². The van der Waals surface area contributed by atoms with E-state index in [1.54, 1.807) is 11.8 Å². The third-order valence-corrected chi connectivity index (χ3v) is 5.39. The zero-order valence-electron chi connectivity index (χ0n) is 18.4. The molecule has 0 aromatic heterocycles. The number of likely N-dealkylation sites (N-methyl/N-ethyl adjacent to an activating group) is 1. The Morgan fingerprint density at radius 2 is 1.66 bits per heavy atom. The number of hydrogen-bond acceptors (Lipinski definition) is 2. The van der Waals surface area contributed by atoms with E-state index in [4.69, 9.17) is 0 Å². The minimum absolute atomic E-state index is 0.0000535. The largest absolute Gasteiger partial charge is 0.355 e. The van der Waals surface area contributed by atoms with Crippen LogP contribution in [0.25, 0.3) is 0 Å². The SMILES string of the molecule is CCNC(=O)C(C)N(Cc1ccccc1C)C(=O)CCc1ccc(C(C)C)cc1. The van der Waals surface area contributed by atoms with Gasteiger partial charge in [-0.3, -0.25) is 9.59 Å². The van der Waals surface area contributed by atoms with Gasteiger partial charge in [-0.05, 0) is 55.4 Å². The molecule has 1 unspecified atom stereocenters. The summed E-state index contributed by atoms with van der Waals surface area (Å²) in [4.78, 5) is 27.2. The Bertz CT molecular complexity index is 812. The van der Waals surface area contributed by atoms with Crippen LogP contribution in [0.4, 0.5) is 0 Å². The lowest BCUT2D eigenvalue weighted by Crippen LogP contribution is -2.47. The number of rotatable bonds is 9. The summed E-state index contributed by atoms with van der Waals surface area (Å²) in [6.07, 6.45) is 1.06. The van der Waals surface area contributed by atoms with Crippen LogP contribution < -0.4 is 5.32 Å². The Kier molecular flexibility index (Phi) is 8.44. The normalized spacial score (nSPS) is 11.9. The summed E-state index contributed by atoms with van der Waals surface area (Å²) in [5, 5.41) is 2.84. The van der Waals surface area contributed by atoms with Gasteiger partial charge in [0.2, 0.25) is 11.8 Å². The maximum absolute atomic E-state index is 13.1. The molecular weight excluding hydrogens is 360 g/mol. The molecule has 4 heteroatoms. The second-order valence-corrected chi connectivity index (χ2v) is 7.91. The van der Waals surface area contributed by atoms with E-state index in [0.717, 1.165) is 16.7 Å². The van der Waals surface area contributed by atoms with Gasteiger partial charge in [0.15, 0.2) is 0 Å². The molecule has 2 rings (SSSR count). The Hall–Kier alpha value is -2.62. The predicted octanol–water partition coefficient (Wildman–Crippen LogP) is 4.60. The van der Waals surface area contributed by atoms with Crippen LogP contribution in [0, 0.1) is 6.92 Å². The first-order valence-electron chi connectivity index (χ1n) is 10.5. The van der Waals surface area contributed by atoms with Gasteiger partial charge in [0.25, 0.3) is 0 Å². The molecule has 2 aromatic rings. The van der Waals surface area contributed by atoms with Gasteiger partial charge in [-0.25, -0.2) is 0 Å². The Labute approximate surface area is 175 Å². The molecule has 0 radical (unpaired) electrons. The van der Waals surface area contributed by atoms with Crippen molar-refractivity contribution in [2.45, 2.75) is 66.0 Å². The van der Waals surface area contributed by atoms with Crippen molar-refractivity contribution in [3.05, 3.63) is 70.8 Å². The molecular formula is C25H34N2O2. The molecule has 0 aliphatic heterocycles. The topological polar surface area (TPSA) is 49.4 Å². The molecule has 0 aliphatic carbocycles. The summed E-state index contributed by atoms with van der Waals surface area (Å²) in [6.45, 7) is 11.1. The fourth-order valence-electron chi connectivity index (χ4n) is 3.34. The minimum atomic E-state index is -0.509. The van der Waals surface area contributed by atoms with Crippen LogP contribution in [0.1, 0.15) is 62.3 Å². The highest BCUT2D eigenvalue weighted by atomic mass is 16.2. The van der Waals surface area contributed by atoms with Gasteiger partial charge in [-0.15, -0.1) is 0 Å². The average Bonchev–Trinajstić information content (AvgIpc) is 2.71. The number of carbonyl (C=O) groups is 2. The first-order valence-corrected chi connectivity index (χ1v) is 10.5. The molecule has 29 heavy (non-hydrogen) atoms. The maximum Gasteiger partial charge on any atom is 0.242 e. The van der Waals surface area contributed by atoms with Crippen LogP contribution in [0.3, 0.4) is 0 Å². The third kappa shape index (κ3) is 6.45. The molecule has 4 nitrogen and oxygen atoms in total. The van der Waals surface area contributed by atoms with Gasteiger partial charge >= 0.3 is 0 Å². The van der Waals surface area contributed by atoms with Crippen molar-refractivity contribution in [3.63, 3.8) is 0 Å². The number of nitrogens with one attached hydrogen (secondary N) is 1. The first kappa shape index (κ1) is 22.7. The fraction of sp³-hybridized carbons (Fsp3) is 0.440. The van der Waals surface area contributed by atoms with Gasteiger partial charge < -0.3 is 10.2 Å². The molecule has 0 bridgehead atoms. The number of carbonyl (C=O) groups excluding carboxylic acids is 2. The summed E-state index contributed by atoms with van der Waals surface area (Å²) in [7, 11) is 0. The standard InChI is InChI=1S/C25H34N2O2/c1-6-26-25(29)20(5)27(17-23-10-8-7-9-19(23)4)24(28)16-13-21-11-14-22(15-12-21)18(2)3/h7-12,14-15,18,20H,6,13,16-17H2,1-5H3,(H,26,29). The zero-order valence-corrected chi connectivity index (χ0v) is 18.4. The third-order valence-electron chi connectivity index (χ3n) is 5.39. The highest BCUT2D eigenvalue weighted by molar-refractivity contribution is 5.87. The molecule has 156 valence electrons. The number of benzene rings is 2. The molecule has 2 amide bonds. The second-order valence-electron chi connectivity index (χ2n) is 7.91. The van der Waals surface area contributed by atoms with Crippen molar-refractivity contribution in [1.29, 1.82) is 0 Å². The van der Waals surface area contributed by atoms with E-state index in [0.29, 0.717) is 31.8 Å². The number of nitrogens with zero attached hydrogens (tertiary/aromatic N) is 1. The molecule has 0 aliphatic rings. The molecule has 0 saturated heterocycles. The van der Waals surface area contributed by atoms with E-state index >= 15 is 0 Å². The van der Waals surface area contributed by atoms with Crippen molar-refractivity contribution >= 4 is 11.8 Å². The van der Waals surface area contributed by atoms with Crippen LogP contribution in [-0.2, 0) is 22.6 Å². The maximum atomic E-state index is 13.1. The fourth-order valence-corrected chi connectivity index (χ4v) is 3.34. The van der Waals surface area contributed by atoms with Crippen LogP contribution in [0.2, 0.25) is 0 Å². The van der Waals surface area contributed by atoms with E-state index in [9.17, 15) is 9.59 Å². The summed E-state index contributed by atoms with van der Waals surface area (Å²) < 4.78 is 0. The lowest BCUT2D eigenvalue weighted by atomic mass is 10.00. The highest BCUT2D eigenvalue weighted by Crippen LogP contribution is 2.18. The summed E-state index contributed by atoms with van der Waals surface area (Å²) in [6, 6.07) is 16.0. The molecule has 1 N–H and O–H groups in total. The predicted molar refractivity (Wildman–Crippen MR) is 119 cm³/mol. The molecule has 0 saturated carbocycles. The van der Waals surface area contributed by atoms with E-state index in [-0.39, 0.29) is 11.8 Å². The van der Waals surface area contributed by atoms with Crippen molar-refractivity contribution in [2.24, 2.45) is 0 Å². The van der Waals surface area contributed by atoms with Crippen molar-refractivity contribution in [1.82, 2.24) is 10.2 Å². The lowest BCUT2D eigenvalue weighted by Gasteiger charge is -2.29. The summed E-state index contributed by atoms with van der Waals surface area (Å²) in [5.41, 5.74) is 4.63. The van der Waals surface area contributed by atoms with Crippen molar-refractivity contribution in [3.8, 4) is 0 Å². The van der Waals surface area contributed by atoms with Crippen LogP contribution in [-0.4, -0.2) is 29.3 Å². The van der Waals surface area contributed by atoms with E-state index in [1.165, 1.54) is 5.56 Å². The number of hydrogen-bond donors (Lipinski definition) is 1. The Morgan fingerprint density at radius 3 is 2.24 bits per heavy atom. The van der Waals surface area contributed by atoms with Crippen LogP contribution in [0.15, 0.2) is 48.5 Å². The second kappa shape index (κ2) is 10.8. The lowest BCUT2D eigenvalue weighted by molar-refractivity contribution is -0.140. The Balaban J connectivity index is 2.12. The number of aryl methyl sites for hydroxylation is 2. The van der Waals surface area contributed by atoms with Crippen LogP contribution in [0.5, 0.6) is 0 Å². The average molecular weight is 395 g/mol. The smallest absolute Gasteiger partial charge is 0.242 e. The van der Waals surface area contributed by atoms with Gasteiger partial charge in [-0.2, -0.15) is 0 Å². The molecule has 0 fully saturated rings. The summed E-state index contributed by atoms with van der Waals surface area (Å²) >= 11 is 0. The van der Waals surface area contributed by atoms with Gasteiger partial charge in [-0.1, -0.05) is 62.4 Å². The van der Waals surface area contributed by atoms with Crippen LogP contribution >= 0.6 is 0 Å². The minimum Gasteiger partial charge on any atom is -0.355 e. The number of amides is 2. The van der Waals surface area contributed by atoms with Gasteiger partial charge in [0.1, 0.15) is 6.04 Å². The quantitative estimate of drug-likeness (QED) is 0.675. The monoisotopic (exact) mass is 394 g/mol. The molecule has 0 spiro atoms. The van der Waals surface area contributed by atoms with Crippen molar-refractivity contribution in [2.75, 3.05) is 6.54 Å². The van der Waals surface area contributed by atoms with E-state index < -0.39 is 6.04 Å². The zero-order chi connectivity index (χ0) is 21.4. The Morgan fingerprint density at radius 1 is 1.00 bits per heavy atom. The van der Waals surface area contributed by atoms with E-state index in [2.05, 4.69) is 43.4 Å². The van der Waals surface area contributed by atoms with E-state index in [1.807, 2.05) is 38.1 Å². The first-order chi connectivity index (χ1) is 13.8. The highest BCUT2D eigenvalue weighted by Gasteiger charge is 2.25.